The van der Waals surface area contributed by atoms with Crippen LogP contribution in [-0.2, 0) is 18.4 Å². The van der Waals surface area contributed by atoms with E-state index in [4.69, 9.17) is 4.74 Å². The van der Waals surface area contributed by atoms with E-state index in [1.54, 1.807) is 30.1 Å². The highest BCUT2D eigenvalue weighted by Gasteiger charge is 2.22. The van der Waals surface area contributed by atoms with Gasteiger partial charge in [0.05, 0.1) is 12.2 Å². The van der Waals surface area contributed by atoms with Crippen LogP contribution in [0.2, 0.25) is 0 Å². The largest absolute Gasteiger partial charge is 0.489 e. The van der Waals surface area contributed by atoms with Gasteiger partial charge >= 0.3 is 0 Å². The minimum atomic E-state index is -0.468. The van der Waals surface area contributed by atoms with E-state index >= 15 is 0 Å². The molecule has 3 rings (SSSR count). The van der Waals surface area contributed by atoms with Crippen molar-refractivity contribution in [2.24, 2.45) is 7.05 Å². The van der Waals surface area contributed by atoms with Crippen molar-refractivity contribution in [3.63, 3.8) is 0 Å². The van der Waals surface area contributed by atoms with E-state index in [0.717, 1.165) is 16.7 Å². The van der Waals surface area contributed by atoms with Gasteiger partial charge in [0.25, 0.3) is 0 Å². The molecule has 2 atom stereocenters. The van der Waals surface area contributed by atoms with Crippen molar-refractivity contribution in [2.45, 2.75) is 25.6 Å². The van der Waals surface area contributed by atoms with Crippen LogP contribution in [0.4, 0.5) is 4.39 Å². The molecule has 2 unspecified atom stereocenters. The summed E-state index contributed by atoms with van der Waals surface area (Å²) in [7, 11) is 3.56. The monoisotopic (exact) mass is 432 g/mol. The van der Waals surface area contributed by atoms with E-state index < -0.39 is 6.04 Å². The number of halogens is 2. The van der Waals surface area contributed by atoms with Crippen LogP contribution in [-0.4, -0.2) is 22.7 Å². The van der Waals surface area contributed by atoms with Crippen LogP contribution < -0.4 is 15.4 Å². The molecule has 0 bridgehead atoms. The fraction of sp³-hybridized carbons (Fsp3) is 0.273. The summed E-state index contributed by atoms with van der Waals surface area (Å²) in [5.74, 6) is 0.322. The average molecular weight is 433 g/mol. The number of ether oxygens (including phenoxy) is 1. The fourth-order valence-corrected chi connectivity index (χ4v) is 3.02. The van der Waals surface area contributed by atoms with Crippen molar-refractivity contribution in [3.8, 4) is 5.75 Å². The summed E-state index contributed by atoms with van der Waals surface area (Å²) in [4.78, 5) is 12.7. The van der Waals surface area contributed by atoms with Gasteiger partial charge in [-0.25, -0.2) is 4.39 Å². The van der Waals surface area contributed by atoms with Gasteiger partial charge in [-0.15, -0.1) is 12.4 Å². The first-order valence-corrected chi connectivity index (χ1v) is 9.39. The molecule has 0 spiro atoms. The maximum Gasteiger partial charge on any atom is 0.242 e. The zero-order valence-corrected chi connectivity index (χ0v) is 17.9. The summed E-state index contributed by atoms with van der Waals surface area (Å²) in [5.41, 5.74) is 2.67. The van der Waals surface area contributed by atoms with Gasteiger partial charge in [0.2, 0.25) is 5.91 Å². The van der Waals surface area contributed by atoms with E-state index in [0.29, 0.717) is 12.4 Å². The molecular formula is C22H26ClFN4O2. The third-order valence-corrected chi connectivity index (χ3v) is 4.67. The molecular weight excluding hydrogens is 407 g/mol. The average Bonchev–Trinajstić information content (AvgIpc) is 3.14. The zero-order chi connectivity index (χ0) is 20.8. The van der Waals surface area contributed by atoms with Gasteiger partial charge in [0, 0.05) is 18.8 Å². The molecule has 3 aromatic rings. The van der Waals surface area contributed by atoms with E-state index in [1.165, 1.54) is 12.1 Å². The summed E-state index contributed by atoms with van der Waals surface area (Å²) in [6.45, 7) is 2.29. The van der Waals surface area contributed by atoms with Gasteiger partial charge in [-0.2, -0.15) is 5.10 Å². The number of hydrogen-bond donors (Lipinski definition) is 2. The molecule has 2 aromatic carbocycles. The van der Waals surface area contributed by atoms with Crippen molar-refractivity contribution < 1.29 is 13.9 Å². The second-order valence-electron chi connectivity index (χ2n) is 6.88. The first-order valence-electron chi connectivity index (χ1n) is 9.39. The molecule has 1 aromatic heterocycles. The number of aromatic nitrogens is 2. The Hall–Kier alpha value is -2.90. The molecule has 8 heteroatoms. The lowest BCUT2D eigenvalue weighted by Gasteiger charge is -2.19. The maximum absolute atomic E-state index is 13.0. The highest BCUT2D eigenvalue weighted by Crippen LogP contribution is 2.20. The number of aryl methyl sites for hydroxylation is 1. The zero-order valence-electron chi connectivity index (χ0n) is 17.1. The SMILES string of the molecule is CNC(C(=O)NC(C)c1ccc(OCc2ccc(F)cc2)cc1)c1cnn(C)c1.Cl. The Kier molecular flexibility index (Phi) is 8.38. The quantitative estimate of drug-likeness (QED) is 0.569. The summed E-state index contributed by atoms with van der Waals surface area (Å²) in [5, 5.41) is 10.2. The molecule has 0 aliphatic rings. The molecule has 160 valence electrons. The fourth-order valence-electron chi connectivity index (χ4n) is 3.02. The van der Waals surface area contributed by atoms with E-state index in [-0.39, 0.29) is 30.2 Å². The van der Waals surface area contributed by atoms with E-state index in [9.17, 15) is 9.18 Å². The van der Waals surface area contributed by atoms with Gasteiger partial charge in [-0.05, 0) is 49.4 Å². The second-order valence-corrected chi connectivity index (χ2v) is 6.88. The van der Waals surface area contributed by atoms with Gasteiger partial charge in [-0.3, -0.25) is 9.48 Å². The molecule has 0 fully saturated rings. The number of benzene rings is 2. The first kappa shape index (κ1) is 23.4. The van der Waals surface area contributed by atoms with Crippen LogP contribution in [0.15, 0.2) is 60.9 Å². The number of carbonyl (C=O) groups excluding carboxylic acids is 1. The molecule has 1 amide bonds. The van der Waals surface area contributed by atoms with Crippen LogP contribution in [0.3, 0.4) is 0 Å². The lowest BCUT2D eigenvalue weighted by molar-refractivity contribution is -0.123. The normalized spacial score (nSPS) is 12.5. The number of carbonyl (C=O) groups is 1. The molecule has 0 saturated carbocycles. The third kappa shape index (κ3) is 6.05. The molecule has 0 aliphatic carbocycles. The Morgan fingerprint density at radius 1 is 1.13 bits per heavy atom. The standard InChI is InChI=1S/C22H25FN4O2.ClH/c1-15(26-22(28)21(24-2)18-12-25-27(3)13-18)17-6-10-20(11-7-17)29-14-16-4-8-19(23)9-5-16;/h4-13,15,21,24H,14H2,1-3H3,(H,26,28);1H. The van der Waals surface area contributed by atoms with Crippen molar-refractivity contribution in [1.82, 2.24) is 20.4 Å². The Bertz CT molecular complexity index is 945. The summed E-state index contributed by atoms with van der Waals surface area (Å²) >= 11 is 0. The molecule has 1 heterocycles. The lowest BCUT2D eigenvalue weighted by atomic mass is 10.1. The van der Waals surface area contributed by atoms with Crippen LogP contribution in [0, 0.1) is 5.82 Å². The van der Waals surface area contributed by atoms with Crippen LogP contribution in [0.25, 0.3) is 0 Å². The van der Waals surface area contributed by atoms with E-state index in [1.807, 2.05) is 44.4 Å². The Morgan fingerprint density at radius 3 is 2.37 bits per heavy atom. The maximum atomic E-state index is 13.0. The van der Waals surface area contributed by atoms with Gasteiger partial charge < -0.3 is 15.4 Å². The number of likely N-dealkylation sites (N-methyl/N-ethyl adjacent to an activating group) is 1. The van der Waals surface area contributed by atoms with Gasteiger partial charge in [-0.1, -0.05) is 24.3 Å². The minimum absolute atomic E-state index is 0. The third-order valence-electron chi connectivity index (χ3n) is 4.67. The molecule has 6 nitrogen and oxygen atoms in total. The number of hydrogen-bond acceptors (Lipinski definition) is 4. The predicted molar refractivity (Wildman–Crippen MR) is 116 cm³/mol. The van der Waals surface area contributed by atoms with Crippen molar-refractivity contribution in [1.29, 1.82) is 0 Å². The smallest absolute Gasteiger partial charge is 0.242 e. The molecule has 30 heavy (non-hydrogen) atoms. The molecule has 0 radical (unpaired) electrons. The second kappa shape index (κ2) is 10.8. The van der Waals surface area contributed by atoms with Crippen LogP contribution >= 0.6 is 12.4 Å². The summed E-state index contributed by atoms with van der Waals surface area (Å²) in [6.07, 6.45) is 3.50. The predicted octanol–water partition coefficient (Wildman–Crippen LogP) is 3.70. The summed E-state index contributed by atoms with van der Waals surface area (Å²) in [6, 6.07) is 13.1. The van der Waals surface area contributed by atoms with Crippen molar-refractivity contribution >= 4 is 18.3 Å². The molecule has 0 saturated heterocycles. The topological polar surface area (TPSA) is 68.2 Å². The number of amides is 1. The van der Waals surface area contributed by atoms with Crippen molar-refractivity contribution in [3.05, 3.63) is 83.4 Å². The van der Waals surface area contributed by atoms with Crippen LogP contribution in [0.1, 0.15) is 35.7 Å². The summed E-state index contributed by atoms with van der Waals surface area (Å²) < 4.78 is 20.4. The van der Waals surface area contributed by atoms with Gasteiger partial charge in [0.15, 0.2) is 0 Å². The minimum Gasteiger partial charge on any atom is -0.489 e. The lowest BCUT2D eigenvalue weighted by Crippen LogP contribution is -2.37. The highest BCUT2D eigenvalue weighted by molar-refractivity contribution is 5.85. The van der Waals surface area contributed by atoms with E-state index in [2.05, 4.69) is 15.7 Å². The highest BCUT2D eigenvalue weighted by atomic mass is 35.5. The Balaban J connectivity index is 0.00000320. The first-order chi connectivity index (χ1) is 14.0. The number of nitrogens with zero attached hydrogens (tertiary/aromatic N) is 2. The Morgan fingerprint density at radius 2 is 1.80 bits per heavy atom. The van der Waals surface area contributed by atoms with Gasteiger partial charge in [0.1, 0.15) is 24.2 Å². The molecule has 2 N–H and O–H groups in total. The Labute approximate surface area is 181 Å². The van der Waals surface area contributed by atoms with Crippen molar-refractivity contribution in [2.75, 3.05) is 7.05 Å². The number of nitrogens with one attached hydrogen (secondary N) is 2. The number of rotatable bonds is 8. The van der Waals surface area contributed by atoms with Crippen LogP contribution in [0.5, 0.6) is 5.75 Å². The molecule has 0 aliphatic heterocycles.